The van der Waals surface area contributed by atoms with E-state index in [1.54, 1.807) is 6.07 Å². The van der Waals surface area contributed by atoms with Crippen molar-refractivity contribution in [3.05, 3.63) is 119 Å². The van der Waals surface area contributed by atoms with E-state index in [0.29, 0.717) is 6.16 Å². The Morgan fingerprint density at radius 3 is 2.40 bits per heavy atom. The van der Waals surface area contributed by atoms with Gasteiger partial charge in [-0.15, -0.1) is 0 Å². The zero-order valence-corrected chi connectivity index (χ0v) is 24.3. The van der Waals surface area contributed by atoms with Gasteiger partial charge < -0.3 is 5.73 Å². The predicted octanol–water partition coefficient (Wildman–Crippen LogP) is 9.63. The first-order chi connectivity index (χ1) is 18.9. The molecule has 1 fully saturated rings. The van der Waals surface area contributed by atoms with Crippen molar-refractivity contribution in [1.82, 2.24) is 0 Å². The monoisotopic (exact) mass is 575 g/mol. The number of benzene rings is 2. The van der Waals surface area contributed by atoms with E-state index >= 15 is 0 Å². The van der Waals surface area contributed by atoms with Crippen molar-refractivity contribution in [2.75, 3.05) is 6.16 Å². The molecule has 1 aliphatic carbocycles. The molecule has 0 aromatic heterocycles. The number of halogens is 5. The first-order valence-corrected chi connectivity index (χ1v) is 15.3. The Morgan fingerprint density at radius 1 is 1.10 bits per heavy atom. The van der Waals surface area contributed by atoms with Crippen LogP contribution in [0.5, 0.6) is 0 Å². The van der Waals surface area contributed by atoms with Crippen molar-refractivity contribution in [2.45, 2.75) is 63.9 Å². The molecular weight excluding hydrogens is 536 g/mol. The highest BCUT2D eigenvalue weighted by atomic mass is 31.1. The number of hydrogen-bond donors (Lipinski definition) is 1. The molecular formula is C33H39F5NP. The standard InChI is InChI=1S/C31H34F5P.C2H5N/c1-4-6-23(18-22-9-11-27(32)12-10-22)24-13-15-30(3)26(19-24)14-16-37(30)20-25-7-5-8-29(33)28(25)17-21(2)31(34,35)36;1-2-3/h4-13,19,21,23H,14-18,20H2,1-3H3;2H,1,3H2/b6-4-;. The molecule has 0 spiro atoms. The van der Waals surface area contributed by atoms with E-state index in [0.717, 1.165) is 43.5 Å². The van der Waals surface area contributed by atoms with Gasteiger partial charge in [-0.3, -0.25) is 0 Å². The molecule has 1 nitrogen and oxygen atoms in total. The van der Waals surface area contributed by atoms with Crippen molar-refractivity contribution in [2.24, 2.45) is 17.6 Å². The summed E-state index contributed by atoms with van der Waals surface area (Å²) in [6, 6.07) is 11.3. The molecule has 216 valence electrons. The third-order valence-corrected chi connectivity index (χ3v) is 11.3. The number of hydrogen-bond acceptors (Lipinski definition) is 1. The van der Waals surface area contributed by atoms with Crippen LogP contribution in [0.2, 0.25) is 0 Å². The second kappa shape index (κ2) is 13.8. The van der Waals surface area contributed by atoms with Crippen LogP contribution in [0.4, 0.5) is 22.0 Å². The summed E-state index contributed by atoms with van der Waals surface area (Å²) in [4.78, 5) is 0. The van der Waals surface area contributed by atoms with E-state index in [2.05, 4.69) is 43.5 Å². The highest BCUT2D eigenvalue weighted by Gasteiger charge is 2.44. The molecule has 4 rings (SSSR count). The first kappa shape index (κ1) is 31.8. The zero-order valence-electron chi connectivity index (χ0n) is 23.4. The van der Waals surface area contributed by atoms with Gasteiger partial charge in [-0.05, 0) is 91.6 Å². The minimum atomic E-state index is -4.35. The first-order valence-electron chi connectivity index (χ1n) is 13.6. The number of nitrogens with two attached hydrogens (primary N) is 1. The molecule has 1 aliphatic heterocycles. The Bertz CT molecular complexity index is 1240. The normalized spacial score (nSPS) is 22.1. The molecule has 2 aromatic carbocycles. The number of alkyl halides is 3. The second-order valence-electron chi connectivity index (χ2n) is 10.7. The molecule has 0 bridgehead atoms. The minimum absolute atomic E-state index is 0.0333. The molecule has 2 aliphatic rings. The van der Waals surface area contributed by atoms with Crippen LogP contribution in [0, 0.1) is 23.5 Å². The van der Waals surface area contributed by atoms with Crippen molar-refractivity contribution in [3.63, 3.8) is 0 Å². The molecule has 0 amide bonds. The number of rotatable bonds is 8. The fourth-order valence-electron chi connectivity index (χ4n) is 5.56. The average molecular weight is 576 g/mol. The van der Waals surface area contributed by atoms with Crippen LogP contribution in [0.15, 0.2) is 90.7 Å². The Morgan fingerprint density at radius 2 is 1.77 bits per heavy atom. The second-order valence-corrected chi connectivity index (χ2v) is 13.6. The van der Waals surface area contributed by atoms with Crippen molar-refractivity contribution < 1.29 is 22.0 Å². The molecule has 40 heavy (non-hydrogen) atoms. The average Bonchev–Trinajstić information content (AvgIpc) is 3.22. The Kier molecular flexibility index (Phi) is 10.9. The topological polar surface area (TPSA) is 26.0 Å². The summed E-state index contributed by atoms with van der Waals surface area (Å²) < 4.78 is 67.8. The van der Waals surface area contributed by atoms with Crippen LogP contribution in [-0.4, -0.2) is 17.5 Å². The summed E-state index contributed by atoms with van der Waals surface area (Å²) in [6.07, 6.45) is 9.69. The van der Waals surface area contributed by atoms with Crippen LogP contribution in [0.1, 0.15) is 50.3 Å². The van der Waals surface area contributed by atoms with E-state index < -0.39 is 25.8 Å². The van der Waals surface area contributed by atoms with E-state index in [9.17, 15) is 22.0 Å². The van der Waals surface area contributed by atoms with Gasteiger partial charge in [0.2, 0.25) is 0 Å². The van der Waals surface area contributed by atoms with Crippen LogP contribution in [0.3, 0.4) is 0 Å². The fourth-order valence-corrected chi connectivity index (χ4v) is 8.71. The predicted molar refractivity (Wildman–Crippen MR) is 157 cm³/mol. The summed E-state index contributed by atoms with van der Waals surface area (Å²) in [5.41, 5.74) is 9.29. The summed E-state index contributed by atoms with van der Waals surface area (Å²) in [5, 5.41) is -0.0333. The van der Waals surface area contributed by atoms with Gasteiger partial charge in [-0.1, -0.05) is 82.5 Å². The van der Waals surface area contributed by atoms with Crippen LogP contribution >= 0.6 is 7.92 Å². The molecule has 1 saturated heterocycles. The number of fused-ring (bicyclic) bond motifs is 1. The molecule has 4 unspecified atom stereocenters. The van der Waals surface area contributed by atoms with Crippen molar-refractivity contribution in [3.8, 4) is 0 Å². The third-order valence-electron chi connectivity index (χ3n) is 7.98. The third kappa shape index (κ3) is 7.72. The maximum absolute atomic E-state index is 14.7. The lowest BCUT2D eigenvalue weighted by atomic mass is 9.81. The summed E-state index contributed by atoms with van der Waals surface area (Å²) in [6.45, 7) is 8.54. The van der Waals surface area contributed by atoms with E-state index in [-0.39, 0.29) is 28.9 Å². The van der Waals surface area contributed by atoms with Gasteiger partial charge in [0.25, 0.3) is 0 Å². The largest absolute Gasteiger partial charge is 0.405 e. The van der Waals surface area contributed by atoms with Gasteiger partial charge in [0.15, 0.2) is 0 Å². The van der Waals surface area contributed by atoms with Crippen LogP contribution < -0.4 is 5.73 Å². The minimum Gasteiger partial charge on any atom is -0.405 e. The van der Waals surface area contributed by atoms with Crippen molar-refractivity contribution >= 4 is 7.92 Å². The van der Waals surface area contributed by atoms with E-state index in [1.165, 1.54) is 35.5 Å². The van der Waals surface area contributed by atoms with Gasteiger partial charge >= 0.3 is 6.18 Å². The van der Waals surface area contributed by atoms with Crippen molar-refractivity contribution in [1.29, 1.82) is 0 Å². The van der Waals surface area contributed by atoms with E-state index in [1.807, 2.05) is 25.1 Å². The molecule has 2 N–H and O–H groups in total. The van der Waals surface area contributed by atoms with Gasteiger partial charge in [-0.25, -0.2) is 8.78 Å². The van der Waals surface area contributed by atoms with Crippen LogP contribution in [-0.2, 0) is 19.0 Å². The van der Waals surface area contributed by atoms with Gasteiger partial charge in [0.1, 0.15) is 11.6 Å². The Labute approximate surface area is 236 Å². The lowest BCUT2D eigenvalue weighted by molar-refractivity contribution is -0.169. The highest BCUT2D eigenvalue weighted by Crippen LogP contribution is 2.65. The Hall–Kier alpha value is -2.72. The quantitative estimate of drug-likeness (QED) is 0.189. The van der Waals surface area contributed by atoms with Crippen LogP contribution in [0.25, 0.3) is 0 Å². The number of allylic oxidation sites excluding steroid dienone is 6. The lowest BCUT2D eigenvalue weighted by Crippen LogP contribution is -2.25. The molecule has 0 radical (unpaired) electrons. The summed E-state index contributed by atoms with van der Waals surface area (Å²) in [7, 11) is -0.561. The summed E-state index contributed by atoms with van der Waals surface area (Å²) in [5.74, 6) is -2.17. The molecule has 4 atom stereocenters. The fraction of sp³-hybridized carbons (Fsp3) is 0.394. The maximum Gasteiger partial charge on any atom is 0.391 e. The zero-order chi connectivity index (χ0) is 29.5. The van der Waals surface area contributed by atoms with Gasteiger partial charge in [-0.2, -0.15) is 13.2 Å². The Balaban J connectivity index is 0.00000141. The van der Waals surface area contributed by atoms with Gasteiger partial charge in [0.05, 0.1) is 5.92 Å². The molecule has 1 heterocycles. The SMILES string of the molecule is C/C=C\C(Cc1ccc(F)cc1)C1=CCC2(C)C(=C1)CCP2Cc1cccc(F)c1CC(C)C(F)(F)F.C=CN. The maximum atomic E-state index is 14.7. The summed E-state index contributed by atoms with van der Waals surface area (Å²) >= 11 is 0. The molecule has 0 saturated carbocycles. The van der Waals surface area contributed by atoms with E-state index in [4.69, 9.17) is 0 Å². The smallest absolute Gasteiger partial charge is 0.391 e. The van der Waals surface area contributed by atoms with Gasteiger partial charge in [0, 0.05) is 11.1 Å². The molecule has 7 heteroatoms. The highest BCUT2D eigenvalue weighted by molar-refractivity contribution is 7.59. The lowest BCUT2D eigenvalue weighted by Gasteiger charge is -2.37. The molecule has 2 aromatic rings.